The molecule has 4 heteroatoms. The summed E-state index contributed by atoms with van der Waals surface area (Å²) in [6, 6.07) is 12.3. The summed E-state index contributed by atoms with van der Waals surface area (Å²) in [6.07, 6.45) is 4.94. The van der Waals surface area contributed by atoms with Crippen LogP contribution in [0, 0.1) is 5.92 Å². The second-order valence-electron chi connectivity index (χ2n) is 6.94. The summed E-state index contributed by atoms with van der Waals surface area (Å²) in [6.45, 7) is 4.48. The first kappa shape index (κ1) is 15.5. The summed E-state index contributed by atoms with van der Waals surface area (Å²) in [5, 5.41) is 0. The lowest BCUT2D eigenvalue weighted by atomic mass is 10.0. The fourth-order valence-electron chi connectivity index (χ4n) is 3.45. The first-order valence-electron chi connectivity index (χ1n) is 8.91. The van der Waals surface area contributed by atoms with Crippen molar-refractivity contribution in [3.8, 4) is 11.3 Å². The van der Waals surface area contributed by atoms with Crippen LogP contribution in [0.3, 0.4) is 0 Å². The SMILES string of the molecule is O=C1CCN(Cc2ccccc2-c2ccco2)CCN1CC1CC1. The molecule has 4 rings (SSSR count). The zero-order valence-electron chi connectivity index (χ0n) is 14.0. The van der Waals surface area contributed by atoms with Gasteiger partial charge in [-0.3, -0.25) is 9.69 Å². The monoisotopic (exact) mass is 324 g/mol. The van der Waals surface area contributed by atoms with Gasteiger partial charge in [0.05, 0.1) is 6.26 Å². The summed E-state index contributed by atoms with van der Waals surface area (Å²) in [5.41, 5.74) is 2.41. The number of amides is 1. The molecule has 24 heavy (non-hydrogen) atoms. The Balaban J connectivity index is 1.45. The molecule has 0 N–H and O–H groups in total. The molecule has 0 radical (unpaired) electrons. The zero-order valence-corrected chi connectivity index (χ0v) is 14.0. The first-order valence-corrected chi connectivity index (χ1v) is 8.91. The van der Waals surface area contributed by atoms with Gasteiger partial charge in [-0.15, -0.1) is 0 Å². The maximum Gasteiger partial charge on any atom is 0.223 e. The first-order chi connectivity index (χ1) is 11.8. The van der Waals surface area contributed by atoms with E-state index < -0.39 is 0 Å². The minimum absolute atomic E-state index is 0.323. The van der Waals surface area contributed by atoms with E-state index >= 15 is 0 Å². The van der Waals surface area contributed by atoms with Gasteiger partial charge in [0.15, 0.2) is 0 Å². The molecule has 1 saturated carbocycles. The van der Waals surface area contributed by atoms with Gasteiger partial charge in [-0.2, -0.15) is 0 Å². The van der Waals surface area contributed by atoms with E-state index in [1.807, 2.05) is 18.2 Å². The van der Waals surface area contributed by atoms with E-state index in [2.05, 4.69) is 28.0 Å². The van der Waals surface area contributed by atoms with Crippen molar-refractivity contribution in [1.29, 1.82) is 0 Å². The number of hydrogen-bond acceptors (Lipinski definition) is 3. The van der Waals surface area contributed by atoms with Crippen molar-refractivity contribution in [1.82, 2.24) is 9.80 Å². The van der Waals surface area contributed by atoms with Crippen LogP contribution in [-0.4, -0.2) is 41.9 Å². The Hall–Kier alpha value is -2.07. The molecule has 0 spiro atoms. The van der Waals surface area contributed by atoms with Crippen LogP contribution in [-0.2, 0) is 11.3 Å². The topological polar surface area (TPSA) is 36.7 Å². The van der Waals surface area contributed by atoms with Crippen molar-refractivity contribution in [2.45, 2.75) is 25.8 Å². The van der Waals surface area contributed by atoms with E-state index in [9.17, 15) is 4.79 Å². The predicted octanol–water partition coefficient (Wildman–Crippen LogP) is 3.39. The molecular weight excluding hydrogens is 300 g/mol. The van der Waals surface area contributed by atoms with Crippen molar-refractivity contribution >= 4 is 5.91 Å². The molecule has 1 aliphatic heterocycles. The van der Waals surface area contributed by atoms with Crippen LogP contribution in [0.15, 0.2) is 47.1 Å². The Morgan fingerprint density at radius 2 is 1.92 bits per heavy atom. The van der Waals surface area contributed by atoms with E-state index in [-0.39, 0.29) is 0 Å². The summed E-state index contributed by atoms with van der Waals surface area (Å²) in [7, 11) is 0. The fourth-order valence-corrected chi connectivity index (χ4v) is 3.45. The second kappa shape index (κ2) is 6.81. The van der Waals surface area contributed by atoms with Crippen molar-refractivity contribution in [3.63, 3.8) is 0 Å². The lowest BCUT2D eigenvalue weighted by Gasteiger charge is -2.22. The van der Waals surface area contributed by atoms with Crippen LogP contribution in [0.4, 0.5) is 0 Å². The van der Waals surface area contributed by atoms with Crippen LogP contribution >= 0.6 is 0 Å². The standard InChI is InChI=1S/C20H24N2O2/c23-20-9-10-21(11-12-22(20)14-16-7-8-16)15-17-4-1-2-5-18(17)19-6-3-13-24-19/h1-6,13,16H,7-12,14-15H2. The molecule has 2 aromatic rings. The van der Waals surface area contributed by atoms with E-state index in [1.165, 1.54) is 18.4 Å². The van der Waals surface area contributed by atoms with Crippen LogP contribution in [0.5, 0.6) is 0 Å². The van der Waals surface area contributed by atoms with Gasteiger partial charge in [0, 0.05) is 44.7 Å². The lowest BCUT2D eigenvalue weighted by Crippen LogP contribution is -2.34. The van der Waals surface area contributed by atoms with Crippen LogP contribution in [0.25, 0.3) is 11.3 Å². The fraction of sp³-hybridized carbons (Fsp3) is 0.450. The van der Waals surface area contributed by atoms with Crippen molar-refractivity contribution in [2.75, 3.05) is 26.2 Å². The number of carbonyl (C=O) groups is 1. The van der Waals surface area contributed by atoms with E-state index in [0.717, 1.165) is 50.0 Å². The summed E-state index contributed by atoms with van der Waals surface area (Å²) in [4.78, 5) is 16.8. The maximum absolute atomic E-state index is 12.3. The van der Waals surface area contributed by atoms with Gasteiger partial charge in [0.2, 0.25) is 5.91 Å². The lowest BCUT2D eigenvalue weighted by molar-refractivity contribution is -0.130. The number of carbonyl (C=O) groups excluding carboxylic acids is 1. The molecule has 0 atom stereocenters. The van der Waals surface area contributed by atoms with Gasteiger partial charge in [-0.05, 0) is 36.5 Å². The van der Waals surface area contributed by atoms with Crippen LogP contribution in [0.1, 0.15) is 24.8 Å². The smallest absolute Gasteiger partial charge is 0.223 e. The number of nitrogens with zero attached hydrogens (tertiary/aromatic N) is 2. The summed E-state index contributed by atoms with van der Waals surface area (Å²) < 4.78 is 5.58. The highest BCUT2D eigenvalue weighted by Crippen LogP contribution is 2.30. The minimum atomic E-state index is 0.323. The van der Waals surface area contributed by atoms with Gasteiger partial charge in [-0.1, -0.05) is 24.3 Å². The molecule has 4 nitrogen and oxygen atoms in total. The summed E-state index contributed by atoms with van der Waals surface area (Å²) >= 11 is 0. The quantitative estimate of drug-likeness (QED) is 0.846. The zero-order chi connectivity index (χ0) is 16.4. The average molecular weight is 324 g/mol. The Morgan fingerprint density at radius 1 is 1.04 bits per heavy atom. The van der Waals surface area contributed by atoms with Crippen LogP contribution in [0.2, 0.25) is 0 Å². The Bertz CT molecular complexity index is 691. The van der Waals surface area contributed by atoms with Crippen molar-refractivity contribution in [2.24, 2.45) is 5.92 Å². The molecule has 2 aliphatic rings. The van der Waals surface area contributed by atoms with Crippen molar-refractivity contribution < 1.29 is 9.21 Å². The molecule has 1 aliphatic carbocycles. The minimum Gasteiger partial charge on any atom is -0.464 e. The molecule has 126 valence electrons. The average Bonchev–Trinajstić information content (AvgIpc) is 3.29. The Labute approximate surface area is 143 Å². The third-order valence-electron chi connectivity index (χ3n) is 5.05. The van der Waals surface area contributed by atoms with Gasteiger partial charge < -0.3 is 9.32 Å². The Kier molecular flexibility index (Phi) is 4.39. The number of furan rings is 1. The van der Waals surface area contributed by atoms with Gasteiger partial charge in [-0.25, -0.2) is 0 Å². The molecule has 1 aromatic carbocycles. The summed E-state index contributed by atoms with van der Waals surface area (Å²) in [5.74, 6) is 2.00. The largest absolute Gasteiger partial charge is 0.464 e. The maximum atomic E-state index is 12.3. The predicted molar refractivity (Wildman–Crippen MR) is 93.3 cm³/mol. The Morgan fingerprint density at radius 3 is 2.71 bits per heavy atom. The molecule has 1 aromatic heterocycles. The number of hydrogen-bond donors (Lipinski definition) is 0. The molecule has 0 bridgehead atoms. The third-order valence-corrected chi connectivity index (χ3v) is 5.05. The highest BCUT2D eigenvalue weighted by atomic mass is 16.3. The molecule has 2 heterocycles. The number of rotatable bonds is 5. The van der Waals surface area contributed by atoms with E-state index in [0.29, 0.717) is 12.3 Å². The van der Waals surface area contributed by atoms with Crippen molar-refractivity contribution in [3.05, 3.63) is 48.2 Å². The van der Waals surface area contributed by atoms with Gasteiger partial charge in [0.1, 0.15) is 5.76 Å². The van der Waals surface area contributed by atoms with Gasteiger partial charge >= 0.3 is 0 Å². The van der Waals surface area contributed by atoms with E-state index in [4.69, 9.17) is 4.42 Å². The highest BCUT2D eigenvalue weighted by Gasteiger charge is 2.28. The molecule has 1 amide bonds. The third kappa shape index (κ3) is 3.54. The molecular formula is C20H24N2O2. The van der Waals surface area contributed by atoms with E-state index in [1.54, 1.807) is 6.26 Å². The highest BCUT2D eigenvalue weighted by molar-refractivity contribution is 5.76. The van der Waals surface area contributed by atoms with Crippen LogP contribution < -0.4 is 0 Å². The molecule has 1 saturated heterocycles. The molecule has 2 fully saturated rings. The molecule has 0 unspecified atom stereocenters. The number of benzene rings is 1. The second-order valence-corrected chi connectivity index (χ2v) is 6.94. The normalized spacial score (nSPS) is 19.5. The van der Waals surface area contributed by atoms with Gasteiger partial charge in [0.25, 0.3) is 0 Å².